The predicted octanol–water partition coefficient (Wildman–Crippen LogP) is 12.5. The van der Waals surface area contributed by atoms with Crippen molar-refractivity contribution in [3.63, 3.8) is 0 Å². The lowest BCUT2D eigenvalue weighted by Gasteiger charge is -2.12. The van der Waals surface area contributed by atoms with E-state index in [1.807, 2.05) is 11.3 Å². The zero-order valence-electron chi connectivity index (χ0n) is 23.4. The van der Waals surface area contributed by atoms with Gasteiger partial charge in [-0.1, -0.05) is 140 Å². The highest BCUT2D eigenvalue weighted by molar-refractivity contribution is 7.26. The molecular weight excluding hydrogens is 537 g/mol. The second-order valence-corrected chi connectivity index (χ2v) is 12.3. The Morgan fingerprint density at radius 1 is 0.279 bits per heavy atom. The summed E-state index contributed by atoms with van der Waals surface area (Å²) < 4.78 is 2.69. The van der Waals surface area contributed by atoms with Gasteiger partial charge in [0.15, 0.2) is 0 Å². The van der Waals surface area contributed by atoms with Gasteiger partial charge in [-0.25, -0.2) is 0 Å². The Balaban J connectivity index is 1.11. The molecule has 1 heterocycles. The van der Waals surface area contributed by atoms with Crippen LogP contribution in [0.25, 0.3) is 85.9 Å². The molecule has 200 valence electrons. The van der Waals surface area contributed by atoms with Gasteiger partial charge in [0, 0.05) is 20.2 Å². The topological polar surface area (TPSA) is 0 Å². The summed E-state index contributed by atoms with van der Waals surface area (Å²) in [6.07, 6.45) is 0. The molecule has 0 unspecified atom stereocenters. The molecule has 8 aromatic carbocycles. The van der Waals surface area contributed by atoms with Crippen molar-refractivity contribution in [2.75, 3.05) is 0 Å². The van der Waals surface area contributed by atoms with Crippen LogP contribution in [0.1, 0.15) is 0 Å². The number of hydrogen-bond acceptors (Lipinski definition) is 1. The molecule has 43 heavy (non-hydrogen) atoms. The first-order valence-corrected chi connectivity index (χ1v) is 15.6. The van der Waals surface area contributed by atoms with Crippen LogP contribution in [0.15, 0.2) is 158 Å². The minimum Gasteiger partial charge on any atom is -0.135 e. The highest BCUT2D eigenvalue weighted by Gasteiger charge is 2.12. The van der Waals surface area contributed by atoms with Gasteiger partial charge in [-0.05, 0) is 83.9 Å². The van der Waals surface area contributed by atoms with Gasteiger partial charge in [0.05, 0.1) is 0 Å². The van der Waals surface area contributed by atoms with E-state index in [4.69, 9.17) is 0 Å². The molecular formula is C42H26S. The summed E-state index contributed by atoms with van der Waals surface area (Å²) in [6, 6.07) is 57.9. The molecule has 1 heteroatoms. The van der Waals surface area contributed by atoms with E-state index in [1.54, 1.807) is 0 Å². The number of rotatable bonds is 3. The molecule has 0 fully saturated rings. The average molecular weight is 563 g/mol. The van der Waals surface area contributed by atoms with Gasteiger partial charge >= 0.3 is 0 Å². The molecule has 0 aliphatic rings. The van der Waals surface area contributed by atoms with Crippen LogP contribution in [0, 0.1) is 0 Å². The number of thiophene rings is 1. The molecule has 9 aromatic rings. The second-order valence-electron chi connectivity index (χ2n) is 11.3. The summed E-state index contributed by atoms with van der Waals surface area (Å²) in [6.45, 7) is 0. The molecule has 1 aromatic heterocycles. The minimum atomic E-state index is 1.23. The normalized spacial score (nSPS) is 11.7. The van der Waals surface area contributed by atoms with E-state index in [2.05, 4.69) is 158 Å². The van der Waals surface area contributed by atoms with Gasteiger partial charge in [-0.15, -0.1) is 11.3 Å². The standard InChI is InChI=1S/C42H26S/c1-2-13-35-33(11-1)34-12-3-4-14-36(34)40-26-30(23-24-37(35)40)28-21-19-27(20-22-28)29-9-7-10-31(25-29)32-16-8-17-39-38-15-5-6-18-41(38)43-42(32)39/h1-26H. The summed E-state index contributed by atoms with van der Waals surface area (Å²) in [5, 5.41) is 10.5. The first-order valence-electron chi connectivity index (χ1n) is 14.8. The average Bonchev–Trinajstić information content (AvgIpc) is 3.47. The molecule has 0 radical (unpaired) electrons. The van der Waals surface area contributed by atoms with E-state index in [-0.39, 0.29) is 0 Å². The molecule has 0 bridgehead atoms. The van der Waals surface area contributed by atoms with Crippen LogP contribution < -0.4 is 0 Å². The van der Waals surface area contributed by atoms with Crippen molar-refractivity contribution in [2.45, 2.75) is 0 Å². The third kappa shape index (κ3) is 3.90. The maximum Gasteiger partial charge on any atom is 0.0433 e. The Morgan fingerprint density at radius 2 is 0.767 bits per heavy atom. The van der Waals surface area contributed by atoms with Crippen molar-refractivity contribution >= 4 is 63.8 Å². The van der Waals surface area contributed by atoms with E-state index in [0.29, 0.717) is 0 Å². The summed E-state index contributed by atoms with van der Waals surface area (Å²) in [5.41, 5.74) is 7.49. The summed E-state index contributed by atoms with van der Waals surface area (Å²) >= 11 is 1.89. The lowest BCUT2D eigenvalue weighted by atomic mass is 9.91. The monoisotopic (exact) mass is 562 g/mol. The van der Waals surface area contributed by atoms with E-state index in [9.17, 15) is 0 Å². The number of fused-ring (bicyclic) bond motifs is 9. The molecule has 0 nitrogen and oxygen atoms in total. The van der Waals surface area contributed by atoms with Crippen LogP contribution in [0.4, 0.5) is 0 Å². The van der Waals surface area contributed by atoms with E-state index >= 15 is 0 Å². The van der Waals surface area contributed by atoms with Crippen molar-refractivity contribution < 1.29 is 0 Å². The molecule has 9 rings (SSSR count). The maximum absolute atomic E-state index is 2.37. The van der Waals surface area contributed by atoms with Gasteiger partial charge in [-0.2, -0.15) is 0 Å². The molecule has 0 spiro atoms. The first-order chi connectivity index (χ1) is 21.3. The molecule has 0 N–H and O–H groups in total. The maximum atomic E-state index is 2.37. The van der Waals surface area contributed by atoms with Crippen LogP contribution >= 0.6 is 11.3 Å². The Labute approximate surface area is 254 Å². The predicted molar refractivity (Wildman–Crippen MR) is 188 cm³/mol. The highest BCUT2D eigenvalue weighted by atomic mass is 32.1. The third-order valence-electron chi connectivity index (χ3n) is 8.87. The van der Waals surface area contributed by atoms with Crippen molar-refractivity contribution in [1.29, 1.82) is 0 Å². The molecule has 0 amide bonds. The van der Waals surface area contributed by atoms with Gasteiger partial charge < -0.3 is 0 Å². The largest absolute Gasteiger partial charge is 0.135 e. The lowest BCUT2D eigenvalue weighted by molar-refractivity contribution is 1.59. The van der Waals surface area contributed by atoms with E-state index in [0.717, 1.165) is 0 Å². The van der Waals surface area contributed by atoms with Crippen LogP contribution in [-0.4, -0.2) is 0 Å². The van der Waals surface area contributed by atoms with Crippen LogP contribution in [0.3, 0.4) is 0 Å². The summed E-state index contributed by atoms with van der Waals surface area (Å²) in [4.78, 5) is 0. The highest BCUT2D eigenvalue weighted by Crippen LogP contribution is 2.41. The molecule has 0 atom stereocenters. The molecule has 0 saturated carbocycles. The number of hydrogen-bond donors (Lipinski definition) is 0. The van der Waals surface area contributed by atoms with Crippen molar-refractivity contribution in [3.8, 4) is 33.4 Å². The van der Waals surface area contributed by atoms with Crippen molar-refractivity contribution in [2.24, 2.45) is 0 Å². The zero-order chi connectivity index (χ0) is 28.3. The van der Waals surface area contributed by atoms with Crippen molar-refractivity contribution in [1.82, 2.24) is 0 Å². The Bertz CT molecular complexity index is 2460. The minimum absolute atomic E-state index is 1.23. The molecule has 0 aliphatic heterocycles. The molecule has 0 aliphatic carbocycles. The summed E-state index contributed by atoms with van der Waals surface area (Å²) in [7, 11) is 0. The first kappa shape index (κ1) is 24.4. The quantitative estimate of drug-likeness (QED) is 0.188. The van der Waals surface area contributed by atoms with Gasteiger partial charge in [0.25, 0.3) is 0 Å². The third-order valence-corrected chi connectivity index (χ3v) is 10.1. The Hall–Kier alpha value is -5.24. The van der Waals surface area contributed by atoms with E-state index in [1.165, 1.54) is 85.9 Å². The zero-order valence-corrected chi connectivity index (χ0v) is 24.2. The smallest absolute Gasteiger partial charge is 0.0433 e. The molecule has 0 saturated heterocycles. The second kappa shape index (κ2) is 9.66. The van der Waals surface area contributed by atoms with Gasteiger partial charge in [0.1, 0.15) is 0 Å². The van der Waals surface area contributed by atoms with Crippen LogP contribution in [0.2, 0.25) is 0 Å². The van der Waals surface area contributed by atoms with Crippen LogP contribution in [0.5, 0.6) is 0 Å². The number of benzene rings is 8. The summed E-state index contributed by atoms with van der Waals surface area (Å²) in [5.74, 6) is 0. The van der Waals surface area contributed by atoms with Gasteiger partial charge in [0.2, 0.25) is 0 Å². The fraction of sp³-hybridized carbons (Fsp3) is 0. The van der Waals surface area contributed by atoms with Crippen molar-refractivity contribution in [3.05, 3.63) is 158 Å². The van der Waals surface area contributed by atoms with Crippen LogP contribution in [-0.2, 0) is 0 Å². The Morgan fingerprint density at radius 3 is 1.47 bits per heavy atom. The fourth-order valence-electron chi connectivity index (χ4n) is 6.78. The fourth-order valence-corrected chi connectivity index (χ4v) is 8.02. The lowest BCUT2D eigenvalue weighted by Crippen LogP contribution is -1.85. The Kier molecular flexibility index (Phi) is 5.47. The SMILES string of the molecule is c1cc(-c2ccc(-c3ccc4c5ccccc5c5ccccc5c4c3)cc2)cc(-c2cccc3c2sc2ccccc23)c1. The van der Waals surface area contributed by atoms with Gasteiger partial charge in [-0.3, -0.25) is 0 Å². The van der Waals surface area contributed by atoms with E-state index < -0.39 is 0 Å².